The van der Waals surface area contributed by atoms with Crippen LogP contribution < -0.4 is 16.0 Å². The maximum absolute atomic E-state index is 12.5. The molecule has 0 unspecified atom stereocenters. The molecule has 1 aromatic heterocycles. The van der Waals surface area contributed by atoms with Gasteiger partial charge in [-0.2, -0.15) is 0 Å². The fourth-order valence-corrected chi connectivity index (χ4v) is 4.66. The summed E-state index contributed by atoms with van der Waals surface area (Å²) in [6, 6.07) is 7.66. The van der Waals surface area contributed by atoms with Crippen LogP contribution in [0.3, 0.4) is 0 Å². The first-order valence-corrected chi connectivity index (χ1v) is 9.98. The Bertz CT molecular complexity index is 889. The van der Waals surface area contributed by atoms with E-state index in [0.29, 0.717) is 26.1 Å². The molecule has 1 saturated carbocycles. The molecule has 2 fully saturated rings. The Morgan fingerprint density at radius 2 is 2.11 bits per heavy atom. The first-order valence-electron chi connectivity index (χ1n) is 9.98. The molecule has 7 nitrogen and oxygen atoms in total. The minimum Gasteiger partial charge on any atom is -0.497 e. The number of benzene rings is 1. The first kappa shape index (κ1) is 19.4. The lowest BCUT2D eigenvalue weighted by Gasteiger charge is -2.56. The second kappa shape index (κ2) is 7.83. The Kier molecular flexibility index (Phi) is 5.42. The molecule has 2 aromatic rings. The summed E-state index contributed by atoms with van der Waals surface area (Å²) >= 11 is 0. The number of ether oxygens (including phenoxy) is 2. The molecule has 1 saturated heterocycles. The standard InChI is InChI=1S/C21H29N3O4/c1-27-16-3-2-14-10-15(20(26)23-17(14)11-16)13-24-7-4-21(5-8-24)18(25)12-19(21)28-9-6-22/h2-3,10-11,18-19,25H,4-9,12-13,22H2,1H3,(H,23,26)/t18-,19+/m0/s1. The number of aliphatic hydroxyl groups excluding tert-OH is 1. The Labute approximate surface area is 164 Å². The van der Waals surface area contributed by atoms with E-state index in [1.807, 2.05) is 24.3 Å². The van der Waals surface area contributed by atoms with Crippen LogP contribution in [0.4, 0.5) is 0 Å². The second-order valence-electron chi connectivity index (χ2n) is 7.99. The summed E-state index contributed by atoms with van der Waals surface area (Å²) in [4.78, 5) is 17.8. The highest BCUT2D eigenvalue weighted by Crippen LogP contribution is 2.51. The lowest BCUT2D eigenvalue weighted by Crippen LogP contribution is -2.62. The third-order valence-electron chi connectivity index (χ3n) is 6.49. The SMILES string of the molecule is COc1ccc2cc(CN3CCC4(CC3)[C@@H](O)C[C@H]4OCCN)c(=O)[nH]c2c1. The van der Waals surface area contributed by atoms with Crippen LogP contribution in [0.1, 0.15) is 24.8 Å². The first-order chi connectivity index (χ1) is 13.6. The third-order valence-corrected chi connectivity index (χ3v) is 6.49. The summed E-state index contributed by atoms with van der Waals surface area (Å²) in [6.07, 6.45) is 2.27. The van der Waals surface area contributed by atoms with Crippen molar-refractivity contribution in [3.8, 4) is 5.75 Å². The van der Waals surface area contributed by atoms with Crippen LogP contribution in [0.25, 0.3) is 10.9 Å². The van der Waals surface area contributed by atoms with E-state index in [4.69, 9.17) is 15.2 Å². The fraction of sp³-hybridized carbons (Fsp3) is 0.571. The van der Waals surface area contributed by atoms with Crippen molar-refractivity contribution < 1.29 is 14.6 Å². The van der Waals surface area contributed by atoms with Gasteiger partial charge < -0.3 is 25.3 Å². The fourth-order valence-electron chi connectivity index (χ4n) is 4.66. The minimum atomic E-state index is -0.295. The van der Waals surface area contributed by atoms with Gasteiger partial charge in [0.25, 0.3) is 5.56 Å². The Morgan fingerprint density at radius 1 is 1.32 bits per heavy atom. The number of methoxy groups -OCH3 is 1. The molecule has 4 N–H and O–H groups in total. The van der Waals surface area contributed by atoms with E-state index in [1.54, 1.807) is 7.11 Å². The number of piperidine rings is 1. The predicted molar refractivity (Wildman–Crippen MR) is 107 cm³/mol. The molecule has 1 aliphatic heterocycles. The molecule has 1 aromatic carbocycles. The largest absolute Gasteiger partial charge is 0.497 e. The van der Waals surface area contributed by atoms with Gasteiger partial charge in [0.05, 0.1) is 31.4 Å². The van der Waals surface area contributed by atoms with E-state index in [9.17, 15) is 9.90 Å². The summed E-state index contributed by atoms with van der Waals surface area (Å²) in [5, 5.41) is 11.4. The normalized spacial score (nSPS) is 24.4. The number of H-pyrrole nitrogens is 1. The van der Waals surface area contributed by atoms with Crippen LogP contribution >= 0.6 is 0 Å². The summed E-state index contributed by atoms with van der Waals surface area (Å²) < 4.78 is 11.1. The van der Waals surface area contributed by atoms with Crippen molar-refractivity contribution in [3.05, 3.63) is 40.2 Å². The van der Waals surface area contributed by atoms with Crippen molar-refractivity contribution in [2.45, 2.75) is 38.0 Å². The average Bonchev–Trinajstić information content (AvgIpc) is 2.71. The maximum atomic E-state index is 12.5. The molecule has 0 bridgehead atoms. The quantitative estimate of drug-likeness (QED) is 0.689. The van der Waals surface area contributed by atoms with Gasteiger partial charge in [-0.05, 0) is 49.5 Å². The number of aromatic amines is 1. The number of hydrogen-bond acceptors (Lipinski definition) is 6. The number of pyridine rings is 1. The lowest BCUT2D eigenvalue weighted by atomic mass is 9.58. The Morgan fingerprint density at radius 3 is 2.79 bits per heavy atom. The van der Waals surface area contributed by atoms with Crippen LogP contribution in [0, 0.1) is 5.41 Å². The molecule has 2 aliphatic rings. The lowest BCUT2D eigenvalue weighted by molar-refractivity contribution is -0.210. The molecule has 0 radical (unpaired) electrons. The molecular weight excluding hydrogens is 358 g/mol. The zero-order valence-electron chi connectivity index (χ0n) is 16.3. The topological polar surface area (TPSA) is 101 Å². The number of rotatable bonds is 6. The number of likely N-dealkylation sites (tertiary alicyclic amines) is 1. The van der Waals surface area contributed by atoms with Gasteiger partial charge in [-0.3, -0.25) is 9.69 Å². The average molecular weight is 387 g/mol. The van der Waals surface area contributed by atoms with Gasteiger partial charge in [0.2, 0.25) is 0 Å². The number of nitrogens with two attached hydrogens (primary N) is 1. The van der Waals surface area contributed by atoms with E-state index >= 15 is 0 Å². The molecule has 28 heavy (non-hydrogen) atoms. The van der Waals surface area contributed by atoms with Gasteiger partial charge in [0.15, 0.2) is 0 Å². The van der Waals surface area contributed by atoms with Crippen LogP contribution in [-0.4, -0.2) is 60.5 Å². The van der Waals surface area contributed by atoms with E-state index < -0.39 is 0 Å². The highest BCUT2D eigenvalue weighted by Gasteiger charge is 2.56. The molecule has 2 atom stereocenters. The number of nitrogens with one attached hydrogen (secondary N) is 1. The summed E-state index contributed by atoms with van der Waals surface area (Å²) in [7, 11) is 1.61. The second-order valence-corrected chi connectivity index (χ2v) is 7.99. The molecule has 7 heteroatoms. The van der Waals surface area contributed by atoms with Crippen molar-refractivity contribution in [3.63, 3.8) is 0 Å². The predicted octanol–water partition coefficient (Wildman–Crippen LogP) is 1.23. The maximum Gasteiger partial charge on any atom is 0.252 e. The zero-order valence-corrected chi connectivity index (χ0v) is 16.3. The van der Waals surface area contributed by atoms with Gasteiger partial charge in [-0.15, -0.1) is 0 Å². The number of nitrogens with zero attached hydrogens (tertiary/aromatic N) is 1. The van der Waals surface area contributed by atoms with E-state index in [0.717, 1.165) is 48.1 Å². The molecule has 1 spiro atoms. The Balaban J connectivity index is 1.43. The van der Waals surface area contributed by atoms with Crippen LogP contribution in [0.2, 0.25) is 0 Å². The Hall–Kier alpha value is -1.93. The van der Waals surface area contributed by atoms with Crippen molar-refractivity contribution in [1.82, 2.24) is 9.88 Å². The van der Waals surface area contributed by atoms with E-state index in [-0.39, 0.29) is 23.2 Å². The number of aliphatic hydroxyl groups is 1. The zero-order chi connectivity index (χ0) is 19.7. The van der Waals surface area contributed by atoms with Crippen LogP contribution in [-0.2, 0) is 11.3 Å². The van der Waals surface area contributed by atoms with Gasteiger partial charge in [0, 0.05) is 36.6 Å². The summed E-state index contributed by atoms with van der Waals surface area (Å²) in [5.74, 6) is 0.725. The van der Waals surface area contributed by atoms with E-state index in [1.165, 1.54) is 0 Å². The molecule has 1 aliphatic carbocycles. The van der Waals surface area contributed by atoms with Crippen LogP contribution in [0.15, 0.2) is 29.1 Å². The summed E-state index contributed by atoms with van der Waals surface area (Å²) in [5.41, 5.74) is 6.89. The van der Waals surface area contributed by atoms with Gasteiger partial charge >= 0.3 is 0 Å². The number of fused-ring (bicyclic) bond motifs is 1. The minimum absolute atomic E-state index is 0.0612. The van der Waals surface area contributed by atoms with Crippen molar-refractivity contribution in [1.29, 1.82) is 0 Å². The molecule has 4 rings (SSSR count). The van der Waals surface area contributed by atoms with Crippen molar-refractivity contribution >= 4 is 10.9 Å². The van der Waals surface area contributed by atoms with Gasteiger partial charge in [-0.25, -0.2) is 0 Å². The molecule has 152 valence electrons. The van der Waals surface area contributed by atoms with Crippen molar-refractivity contribution in [2.75, 3.05) is 33.4 Å². The highest BCUT2D eigenvalue weighted by molar-refractivity contribution is 5.80. The van der Waals surface area contributed by atoms with Gasteiger partial charge in [-0.1, -0.05) is 0 Å². The number of aromatic nitrogens is 1. The molecular formula is C21H29N3O4. The van der Waals surface area contributed by atoms with E-state index in [2.05, 4.69) is 9.88 Å². The monoisotopic (exact) mass is 387 g/mol. The van der Waals surface area contributed by atoms with Crippen LogP contribution in [0.5, 0.6) is 5.75 Å². The van der Waals surface area contributed by atoms with Crippen molar-refractivity contribution in [2.24, 2.45) is 11.1 Å². The third kappa shape index (κ3) is 3.43. The highest BCUT2D eigenvalue weighted by atomic mass is 16.5. The number of hydrogen-bond donors (Lipinski definition) is 3. The smallest absolute Gasteiger partial charge is 0.252 e. The molecule has 0 amide bonds. The molecule has 2 heterocycles. The van der Waals surface area contributed by atoms with Gasteiger partial charge in [0.1, 0.15) is 5.75 Å². The summed E-state index contributed by atoms with van der Waals surface area (Å²) in [6.45, 7) is 3.35.